The zero-order valence-electron chi connectivity index (χ0n) is 17.6. The van der Waals surface area contributed by atoms with E-state index in [2.05, 4.69) is 0 Å². The fourth-order valence-corrected chi connectivity index (χ4v) is 4.56. The molecule has 3 atom stereocenters. The Labute approximate surface area is 181 Å². The summed E-state index contributed by atoms with van der Waals surface area (Å²) in [6, 6.07) is 6.70. The minimum absolute atomic E-state index is 0.0525. The Morgan fingerprint density at radius 1 is 1.10 bits per heavy atom. The van der Waals surface area contributed by atoms with Gasteiger partial charge in [0, 0.05) is 38.1 Å². The third-order valence-corrected chi connectivity index (χ3v) is 6.52. The average Bonchev–Trinajstić information content (AvgIpc) is 2.80. The number of nitrogens with zero attached hydrogens (tertiary/aromatic N) is 1. The lowest BCUT2D eigenvalue weighted by molar-refractivity contribution is -0.133. The summed E-state index contributed by atoms with van der Waals surface area (Å²) in [6.07, 6.45) is 4.76. The summed E-state index contributed by atoms with van der Waals surface area (Å²) in [4.78, 5) is 38.5. The number of nitrogens with two attached hydrogens (primary N) is 1. The molecule has 1 saturated heterocycles. The number of rotatable bonds is 5. The van der Waals surface area contributed by atoms with Crippen molar-refractivity contribution >= 4 is 17.6 Å². The minimum Gasteiger partial charge on any atom is -0.493 e. The van der Waals surface area contributed by atoms with Crippen LogP contribution in [0.2, 0.25) is 0 Å². The molecular weight excluding hydrogens is 400 g/mol. The van der Waals surface area contributed by atoms with Gasteiger partial charge in [-0.1, -0.05) is 0 Å². The average molecular weight is 428 g/mol. The van der Waals surface area contributed by atoms with Crippen molar-refractivity contribution in [1.82, 2.24) is 4.90 Å². The summed E-state index contributed by atoms with van der Waals surface area (Å²) in [5, 5.41) is 0. The molecule has 8 heteroatoms. The highest BCUT2D eigenvalue weighted by molar-refractivity contribution is 5.97. The third-order valence-electron chi connectivity index (χ3n) is 6.52. The summed E-state index contributed by atoms with van der Waals surface area (Å²) in [5.41, 5.74) is 5.88. The first-order chi connectivity index (χ1) is 15.0. The molecule has 2 heterocycles. The Morgan fingerprint density at radius 2 is 1.81 bits per heavy atom. The molecule has 0 aromatic heterocycles. The molecule has 2 amide bonds. The molecule has 2 aliphatic heterocycles. The van der Waals surface area contributed by atoms with Gasteiger partial charge in [-0.15, -0.1) is 0 Å². The van der Waals surface area contributed by atoms with Crippen molar-refractivity contribution in [2.24, 2.45) is 17.6 Å². The molecule has 4 rings (SSSR count). The number of likely N-dealkylation sites (tertiary alicyclic amines) is 1. The zero-order chi connectivity index (χ0) is 22.0. The van der Waals surface area contributed by atoms with Crippen LogP contribution in [-0.2, 0) is 19.1 Å². The standard InChI is InChI=1S/C23H28N2O6/c1-29-17-6-7-18-19(12-17)30-13-20(21(18)26)31-16-4-2-15(3-5-16)23(28)25-10-8-14(9-11-25)22(24)27/h2-5,13-14,17-19H,6-12H2,1H3,(H2,24,27). The van der Waals surface area contributed by atoms with Gasteiger partial charge in [0.2, 0.25) is 17.4 Å². The summed E-state index contributed by atoms with van der Waals surface area (Å²) in [6.45, 7) is 1.02. The maximum absolute atomic E-state index is 12.8. The summed E-state index contributed by atoms with van der Waals surface area (Å²) in [5.74, 6) is -0.169. The molecule has 0 bridgehead atoms. The van der Waals surface area contributed by atoms with Crippen molar-refractivity contribution in [3.05, 3.63) is 41.9 Å². The van der Waals surface area contributed by atoms with Crippen LogP contribution in [0.1, 0.15) is 42.5 Å². The number of fused-ring (bicyclic) bond motifs is 1. The first kappa shape index (κ1) is 21.4. The summed E-state index contributed by atoms with van der Waals surface area (Å²) >= 11 is 0. The van der Waals surface area contributed by atoms with Crippen LogP contribution in [0.4, 0.5) is 0 Å². The first-order valence-corrected chi connectivity index (χ1v) is 10.8. The number of piperidine rings is 1. The number of ketones is 1. The van der Waals surface area contributed by atoms with Crippen molar-refractivity contribution < 1.29 is 28.6 Å². The lowest BCUT2D eigenvalue weighted by Gasteiger charge is -2.36. The quantitative estimate of drug-likeness (QED) is 0.769. The van der Waals surface area contributed by atoms with E-state index in [-0.39, 0.29) is 47.4 Å². The van der Waals surface area contributed by atoms with Gasteiger partial charge in [0.1, 0.15) is 18.1 Å². The highest BCUT2D eigenvalue weighted by Crippen LogP contribution is 2.35. The Balaban J connectivity index is 1.36. The van der Waals surface area contributed by atoms with Crippen molar-refractivity contribution in [2.75, 3.05) is 20.2 Å². The fourth-order valence-electron chi connectivity index (χ4n) is 4.56. The molecule has 3 aliphatic rings. The highest BCUT2D eigenvalue weighted by atomic mass is 16.5. The van der Waals surface area contributed by atoms with Gasteiger partial charge in [0.25, 0.3) is 5.91 Å². The molecule has 3 unspecified atom stereocenters. The second-order valence-electron chi connectivity index (χ2n) is 8.39. The predicted molar refractivity (Wildman–Crippen MR) is 111 cm³/mol. The summed E-state index contributed by atoms with van der Waals surface area (Å²) in [7, 11) is 1.68. The van der Waals surface area contributed by atoms with Crippen molar-refractivity contribution in [2.45, 2.75) is 44.3 Å². The van der Waals surface area contributed by atoms with E-state index >= 15 is 0 Å². The van der Waals surface area contributed by atoms with Crippen molar-refractivity contribution in [1.29, 1.82) is 0 Å². The molecule has 1 aliphatic carbocycles. The topological polar surface area (TPSA) is 108 Å². The highest BCUT2D eigenvalue weighted by Gasteiger charge is 2.41. The van der Waals surface area contributed by atoms with Crippen LogP contribution in [0.25, 0.3) is 0 Å². The van der Waals surface area contributed by atoms with Crippen LogP contribution in [-0.4, -0.2) is 54.9 Å². The first-order valence-electron chi connectivity index (χ1n) is 10.8. The van der Waals surface area contributed by atoms with Crippen molar-refractivity contribution in [3.63, 3.8) is 0 Å². The van der Waals surface area contributed by atoms with Gasteiger partial charge >= 0.3 is 0 Å². The van der Waals surface area contributed by atoms with Crippen LogP contribution in [0.5, 0.6) is 5.75 Å². The molecular formula is C23H28N2O6. The predicted octanol–water partition coefficient (Wildman–Crippen LogP) is 2.03. The van der Waals surface area contributed by atoms with Gasteiger partial charge in [-0.3, -0.25) is 14.4 Å². The molecule has 166 valence electrons. The Morgan fingerprint density at radius 3 is 2.45 bits per heavy atom. The molecule has 31 heavy (non-hydrogen) atoms. The van der Waals surface area contributed by atoms with Crippen LogP contribution in [0.15, 0.2) is 36.3 Å². The second-order valence-corrected chi connectivity index (χ2v) is 8.39. The van der Waals surface area contributed by atoms with E-state index in [0.717, 1.165) is 6.42 Å². The number of hydrogen-bond acceptors (Lipinski definition) is 6. The maximum Gasteiger partial charge on any atom is 0.253 e. The number of primary amides is 1. The van der Waals surface area contributed by atoms with E-state index in [0.29, 0.717) is 50.1 Å². The number of ether oxygens (including phenoxy) is 3. The minimum atomic E-state index is -0.304. The maximum atomic E-state index is 12.8. The SMILES string of the molecule is COC1CCC2C(=O)C(Oc3ccc(C(=O)N4CCC(C(N)=O)CC4)cc3)=COC2C1. The van der Waals surface area contributed by atoms with Crippen LogP contribution in [0.3, 0.4) is 0 Å². The van der Waals surface area contributed by atoms with E-state index in [9.17, 15) is 14.4 Å². The Kier molecular flexibility index (Phi) is 6.27. The van der Waals surface area contributed by atoms with E-state index in [1.807, 2.05) is 0 Å². The molecule has 0 radical (unpaired) electrons. The van der Waals surface area contributed by atoms with Gasteiger partial charge in [0.15, 0.2) is 0 Å². The molecule has 1 aromatic carbocycles. The largest absolute Gasteiger partial charge is 0.493 e. The third kappa shape index (κ3) is 4.58. The van der Waals surface area contributed by atoms with Gasteiger partial charge in [-0.25, -0.2) is 0 Å². The Bertz CT molecular complexity index is 873. The fraction of sp³-hybridized carbons (Fsp3) is 0.522. The molecule has 2 fully saturated rings. The van der Waals surface area contributed by atoms with E-state index < -0.39 is 0 Å². The zero-order valence-corrected chi connectivity index (χ0v) is 17.6. The smallest absolute Gasteiger partial charge is 0.253 e. The Hall–Kier alpha value is -2.87. The van der Waals surface area contributed by atoms with Gasteiger partial charge < -0.3 is 24.8 Å². The van der Waals surface area contributed by atoms with E-state index in [4.69, 9.17) is 19.9 Å². The molecule has 2 N–H and O–H groups in total. The molecule has 8 nitrogen and oxygen atoms in total. The number of hydrogen-bond donors (Lipinski definition) is 1. The van der Waals surface area contributed by atoms with Crippen LogP contribution >= 0.6 is 0 Å². The van der Waals surface area contributed by atoms with Gasteiger partial charge in [0.05, 0.1) is 12.0 Å². The molecule has 0 spiro atoms. The lowest BCUT2D eigenvalue weighted by Crippen LogP contribution is -2.42. The normalized spacial score (nSPS) is 26.5. The number of allylic oxidation sites excluding steroid dienone is 1. The number of carbonyl (C=O) groups is 3. The van der Waals surface area contributed by atoms with Gasteiger partial charge in [-0.2, -0.15) is 0 Å². The molecule has 1 aromatic rings. The number of amides is 2. The van der Waals surface area contributed by atoms with E-state index in [1.54, 1.807) is 36.3 Å². The van der Waals surface area contributed by atoms with Crippen LogP contribution < -0.4 is 10.5 Å². The lowest BCUT2D eigenvalue weighted by atomic mass is 9.80. The van der Waals surface area contributed by atoms with Crippen molar-refractivity contribution in [3.8, 4) is 5.75 Å². The van der Waals surface area contributed by atoms with Gasteiger partial charge in [-0.05, 0) is 49.9 Å². The number of benzene rings is 1. The second kappa shape index (κ2) is 9.09. The number of carbonyl (C=O) groups excluding carboxylic acids is 3. The van der Waals surface area contributed by atoms with E-state index in [1.165, 1.54) is 6.26 Å². The number of methoxy groups -OCH3 is 1. The number of Topliss-reactive ketones (excluding diaryl/α,β-unsaturated/α-hetero) is 1. The summed E-state index contributed by atoms with van der Waals surface area (Å²) < 4.78 is 16.9. The van der Waals surface area contributed by atoms with Crippen LogP contribution in [0, 0.1) is 11.8 Å². The molecule has 1 saturated carbocycles. The monoisotopic (exact) mass is 428 g/mol.